The molecule has 0 spiro atoms. The maximum absolute atomic E-state index is 12.7. The monoisotopic (exact) mass is 430 g/mol. The van der Waals surface area contributed by atoms with Crippen molar-refractivity contribution in [1.29, 1.82) is 0 Å². The third-order valence-corrected chi connectivity index (χ3v) is 7.28. The van der Waals surface area contributed by atoms with Crippen LogP contribution in [0.15, 0.2) is 46.8 Å². The summed E-state index contributed by atoms with van der Waals surface area (Å²) >= 11 is 0.804. The summed E-state index contributed by atoms with van der Waals surface area (Å²) in [6.07, 6.45) is 0. The molecule has 2 N–H and O–H groups in total. The van der Waals surface area contributed by atoms with E-state index in [2.05, 4.69) is 20.2 Å². The number of sulfonamides is 1. The topological polar surface area (TPSA) is 101 Å². The number of anilines is 1. The van der Waals surface area contributed by atoms with E-state index in [1.54, 1.807) is 19.1 Å². The van der Waals surface area contributed by atoms with E-state index in [4.69, 9.17) is 0 Å². The molecule has 0 aliphatic rings. The summed E-state index contributed by atoms with van der Waals surface area (Å²) in [5.74, 6) is -0.374. The van der Waals surface area contributed by atoms with Crippen LogP contribution in [0.5, 0.6) is 0 Å². The molecular formula is C20H22N4O3S2. The number of carbonyl (C=O) groups excluding carboxylic acids is 1. The number of hydrogen-bond donors (Lipinski definition) is 2. The number of nitrogens with zero attached hydrogens (tertiary/aromatic N) is 2. The number of amides is 1. The molecule has 2 aromatic carbocycles. The Labute approximate surface area is 174 Å². The predicted octanol–water partition coefficient (Wildman–Crippen LogP) is 3.76. The highest BCUT2D eigenvalue weighted by atomic mass is 32.2. The van der Waals surface area contributed by atoms with Crippen LogP contribution in [0.4, 0.5) is 5.13 Å². The highest BCUT2D eigenvalue weighted by Gasteiger charge is 2.24. The first-order chi connectivity index (χ1) is 13.7. The van der Waals surface area contributed by atoms with Crippen molar-refractivity contribution in [2.24, 2.45) is 0 Å². The summed E-state index contributed by atoms with van der Waals surface area (Å²) in [5, 5.41) is 10.2. The minimum Gasteiger partial charge on any atom is -0.296 e. The molecule has 1 heterocycles. The summed E-state index contributed by atoms with van der Waals surface area (Å²) < 4.78 is 27.7. The van der Waals surface area contributed by atoms with Crippen LogP contribution in [-0.4, -0.2) is 24.5 Å². The molecule has 0 aliphatic carbocycles. The van der Waals surface area contributed by atoms with E-state index >= 15 is 0 Å². The number of rotatable bonds is 6. The molecule has 0 aliphatic heterocycles. The van der Waals surface area contributed by atoms with Gasteiger partial charge in [0.05, 0.1) is 0 Å². The van der Waals surface area contributed by atoms with Gasteiger partial charge in [-0.1, -0.05) is 47.2 Å². The zero-order valence-corrected chi connectivity index (χ0v) is 18.2. The summed E-state index contributed by atoms with van der Waals surface area (Å²) in [6, 6.07) is 12.4. The van der Waals surface area contributed by atoms with Gasteiger partial charge in [-0.05, 0) is 56.5 Å². The SMILES string of the molecule is Cc1ccc(C(=O)Nc2nnc(S(=O)(=O)N[C@H](C)c3ccc(C)c(C)c3)s2)cc1. The number of nitrogens with one attached hydrogen (secondary N) is 2. The molecule has 9 heteroatoms. The fourth-order valence-corrected chi connectivity index (χ4v) is 4.77. The number of carbonyl (C=O) groups is 1. The number of aryl methyl sites for hydroxylation is 3. The van der Waals surface area contributed by atoms with Gasteiger partial charge in [-0.15, -0.1) is 10.2 Å². The average molecular weight is 431 g/mol. The van der Waals surface area contributed by atoms with Gasteiger partial charge < -0.3 is 0 Å². The van der Waals surface area contributed by atoms with Crippen LogP contribution < -0.4 is 10.0 Å². The normalized spacial score (nSPS) is 12.6. The number of hydrogen-bond acceptors (Lipinski definition) is 6. The molecule has 0 bridgehead atoms. The average Bonchev–Trinajstić information content (AvgIpc) is 3.13. The molecule has 0 unspecified atom stereocenters. The van der Waals surface area contributed by atoms with Gasteiger partial charge in [0.25, 0.3) is 15.9 Å². The van der Waals surface area contributed by atoms with Crippen molar-refractivity contribution in [3.63, 3.8) is 0 Å². The van der Waals surface area contributed by atoms with Crippen LogP contribution in [0.1, 0.15) is 45.6 Å². The fraction of sp³-hybridized carbons (Fsp3) is 0.250. The molecule has 29 heavy (non-hydrogen) atoms. The largest absolute Gasteiger partial charge is 0.296 e. The van der Waals surface area contributed by atoms with E-state index < -0.39 is 16.1 Å². The van der Waals surface area contributed by atoms with Crippen molar-refractivity contribution in [2.75, 3.05) is 5.32 Å². The molecule has 0 radical (unpaired) electrons. The molecule has 0 fully saturated rings. The summed E-state index contributed by atoms with van der Waals surface area (Å²) in [6.45, 7) is 7.67. The zero-order valence-electron chi connectivity index (χ0n) is 16.6. The van der Waals surface area contributed by atoms with Gasteiger partial charge in [-0.2, -0.15) is 0 Å². The van der Waals surface area contributed by atoms with Gasteiger partial charge in [0.2, 0.25) is 9.47 Å². The van der Waals surface area contributed by atoms with Crippen LogP contribution in [0, 0.1) is 20.8 Å². The van der Waals surface area contributed by atoms with E-state index in [0.717, 1.165) is 33.6 Å². The summed E-state index contributed by atoms with van der Waals surface area (Å²) in [5.41, 5.74) is 4.58. The Morgan fingerprint density at radius 2 is 1.69 bits per heavy atom. The van der Waals surface area contributed by atoms with Gasteiger partial charge in [-0.3, -0.25) is 10.1 Å². The Morgan fingerprint density at radius 1 is 1.00 bits per heavy atom. The van der Waals surface area contributed by atoms with Crippen molar-refractivity contribution >= 4 is 32.4 Å². The second-order valence-corrected chi connectivity index (χ2v) is 9.75. The minimum absolute atomic E-state index is 0.120. The van der Waals surface area contributed by atoms with E-state index in [1.165, 1.54) is 0 Å². The van der Waals surface area contributed by atoms with Crippen LogP contribution in [0.25, 0.3) is 0 Å². The minimum atomic E-state index is -3.87. The molecular weight excluding hydrogens is 408 g/mol. The van der Waals surface area contributed by atoms with Crippen molar-refractivity contribution in [3.05, 3.63) is 70.3 Å². The maximum Gasteiger partial charge on any atom is 0.270 e. The maximum atomic E-state index is 12.7. The lowest BCUT2D eigenvalue weighted by Gasteiger charge is -2.14. The predicted molar refractivity (Wildman–Crippen MR) is 114 cm³/mol. The molecule has 0 saturated carbocycles. The Bertz CT molecular complexity index is 1140. The lowest BCUT2D eigenvalue weighted by atomic mass is 10.0. The van der Waals surface area contributed by atoms with E-state index in [1.807, 2.05) is 51.1 Å². The lowest BCUT2D eigenvalue weighted by Crippen LogP contribution is -2.26. The van der Waals surface area contributed by atoms with Crippen LogP contribution in [0.2, 0.25) is 0 Å². The van der Waals surface area contributed by atoms with Crippen molar-refractivity contribution < 1.29 is 13.2 Å². The molecule has 7 nitrogen and oxygen atoms in total. The smallest absolute Gasteiger partial charge is 0.270 e. The third kappa shape index (κ3) is 5.06. The quantitative estimate of drug-likeness (QED) is 0.580. The Balaban J connectivity index is 1.71. The van der Waals surface area contributed by atoms with Crippen molar-refractivity contribution in [1.82, 2.24) is 14.9 Å². The van der Waals surface area contributed by atoms with Gasteiger partial charge in [-0.25, -0.2) is 13.1 Å². The molecule has 1 amide bonds. The molecule has 3 rings (SSSR count). The second-order valence-electron chi connectivity index (χ2n) is 6.88. The first-order valence-electron chi connectivity index (χ1n) is 8.97. The molecule has 1 atom stereocenters. The molecule has 3 aromatic rings. The van der Waals surface area contributed by atoms with E-state index in [-0.39, 0.29) is 15.4 Å². The highest BCUT2D eigenvalue weighted by Crippen LogP contribution is 2.24. The van der Waals surface area contributed by atoms with E-state index in [9.17, 15) is 13.2 Å². The van der Waals surface area contributed by atoms with Gasteiger partial charge >= 0.3 is 0 Å². The van der Waals surface area contributed by atoms with Gasteiger partial charge in [0.1, 0.15) is 0 Å². The standard InChI is InChI=1S/C20H22N4O3S2/c1-12-5-8-16(9-6-12)18(25)21-19-22-23-20(28-19)29(26,27)24-15(4)17-10-7-13(2)14(3)11-17/h5-11,15,24H,1-4H3,(H,21,22,25)/t15-/m1/s1. The Morgan fingerprint density at radius 3 is 2.34 bits per heavy atom. The second kappa shape index (κ2) is 8.40. The molecule has 1 aromatic heterocycles. The fourth-order valence-electron chi connectivity index (χ4n) is 2.63. The first-order valence-corrected chi connectivity index (χ1v) is 11.3. The van der Waals surface area contributed by atoms with Gasteiger partial charge in [0, 0.05) is 11.6 Å². The summed E-state index contributed by atoms with van der Waals surface area (Å²) in [7, 11) is -3.87. The van der Waals surface area contributed by atoms with Crippen LogP contribution in [-0.2, 0) is 10.0 Å². The van der Waals surface area contributed by atoms with Crippen molar-refractivity contribution in [3.8, 4) is 0 Å². The van der Waals surface area contributed by atoms with Gasteiger partial charge in [0.15, 0.2) is 0 Å². The zero-order chi connectivity index (χ0) is 21.2. The van der Waals surface area contributed by atoms with E-state index in [0.29, 0.717) is 5.56 Å². The van der Waals surface area contributed by atoms with Crippen molar-refractivity contribution in [2.45, 2.75) is 38.1 Å². The molecule has 152 valence electrons. The summed E-state index contributed by atoms with van der Waals surface area (Å²) in [4.78, 5) is 12.3. The number of aromatic nitrogens is 2. The highest BCUT2D eigenvalue weighted by molar-refractivity contribution is 7.91. The number of benzene rings is 2. The Kier molecular flexibility index (Phi) is 6.11. The Hall–Kier alpha value is -2.62. The van der Waals surface area contributed by atoms with Crippen LogP contribution >= 0.6 is 11.3 Å². The lowest BCUT2D eigenvalue weighted by molar-refractivity contribution is 0.102. The first kappa shape index (κ1) is 21.1. The molecule has 0 saturated heterocycles. The third-order valence-electron chi connectivity index (χ3n) is 4.53. The van der Waals surface area contributed by atoms with Crippen LogP contribution in [0.3, 0.4) is 0 Å².